The first-order valence-corrected chi connectivity index (χ1v) is 5.42. The van der Waals surface area contributed by atoms with E-state index in [2.05, 4.69) is 4.74 Å². The van der Waals surface area contributed by atoms with Crippen LogP contribution >= 0.6 is 0 Å². The largest absolute Gasteiger partial charge is 0.435 e. The van der Waals surface area contributed by atoms with Crippen molar-refractivity contribution >= 4 is 12.0 Å². The van der Waals surface area contributed by atoms with Crippen LogP contribution in [0.1, 0.15) is 18.9 Å². The van der Waals surface area contributed by atoms with E-state index in [1.54, 1.807) is 12.2 Å². The Kier molecular flexibility index (Phi) is 5.75. The summed E-state index contributed by atoms with van der Waals surface area (Å²) in [5.74, 6) is -0.365. The van der Waals surface area contributed by atoms with E-state index in [4.69, 9.17) is 0 Å². The van der Waals surface area contributed by atoms with Gasteiger partial charge in [-0.15, -0.1) is 0 Å². The van der Waals surface area contributed by atoms with E-state index < -0.39 is 6.10 Å². The molecule has 17 heavy (non-hydrogen) atoms. The van der Waals surface area contributed by atoms with Crippen LogP contribution < -0.4 is 0 Å². The zero-order valence-corrected chi connectivity index (χ0v) is 9.74. The maximum absolute atomic E-state index is 10.4. The van der Waals surface area contributed by atoms with Gasteiger partial charge in [0.15, 0.2) is 0 Å². The fourth-order valence-corrected chi connectivity index (χ4v) is 1.20. The van der Waals surface area contributed by atoms with Gasteiger partial charge in [-0.05, 0) is 18.1 Å². The van der Waals surface area contributed by atoms with Crippen molar-refractivity contribution < 1.29 is 14.6 Å². The second-order valence-electron chi connectivity index (χ2n) is 3.55. The molecule has 1 aromatic carbocycles. The number of carbonyl (C=O) groups is 1. The van der Waals surface area contributed by atoms with Gasteiger partial charge in [-0.3, -0.25) is 4.79 Å². The van der Waals surface area contributed by atoms with E-state index in [-0.39, 0.29) is 5.97 Å². The number of aliphatic hydroxyl groups is 1. The number of esters is 1. The highest BCUT2D eigenvalue weighted by atomic mass is 16.5. The van der Waals surface area contributed by atoms with Gasteiger partial charge >= 0.3 is 5.97 Å². The number of ether oxygens (including phenoxy) is 1. The molecule has 0 spiro atoms. The average molecular weight is 232 g/mol. The first-order valence-electron chi connectivity index (χ1n) is 5.42. The number of hydrogen-bond donors (Lipinski definition) is 1. The third-order valence-electron chi connectivity index (χ3n) is 2.02. The molecular weight excluding hydrogens is 216 g/mol. The van der Waals surface area contributed by atoms with Crippen LogP contribution in [0.3, 0.4) is 0 Å². The fraction of sp³-hybridized carbons (Fsp3) is 0.214. The molecule has 0 aliphatic rings. The van der Waals surface area contributed by atoms with Crippen molar-refractivity contribution in [3.63, 3.8) is 0 Å². The van der Waals surface area contributed by atoms with Crippen LogP contribution in [0.5, 0.6) is 0 Å². The molecule has 1 unspecified atom stereocenters. The topological polar surface area (TPSA) is 46.5 Å². The number of benzene rings is 1. The molecule has 1 rings (SSSR count). The van der Waals surface area contributed by atoms with Crippen LogP contribution in [0.15, 0.2) is 48.7 Å². The highest BCUT2D eigenvalue weighted by Crippen LogP contribution is 2.04. The van der Waals surface area contributed by atoms with E-state index in [0.717, 1.165) is 5.56 Å². The number of carbonyl (C=O) groups excluding carboxylic acids is 1. The molecule has 3 heteroatoms. The van der Waals surface area contributed by atoms with Crippen molar-refractivity contribution in [3.8, 4) is 0 Å². The normalized spacial score (nSPS) is 13.1. The summed E-state index contributed by atoms with van der Waals surface area (Å²) in [6.07, 6.45) is 6.29. The molecule has 0 bridgehead atoms. The second-order valence-corrected chi connectivity index (χ2v) is 3.55. The molecule has 0 aliphatic heterocycles. The van der Waals surface area contributed by atoms with Crippen LogP contribution in [0.2, 0.25) is 0 Å². The zero-order valence-electron chi connectivity index (χ0n) is 9.74. The molecular formula is C14H16O3. The predicted molar refractivity (Wildman–Crippen MR) is 67.0 cm³/mol. The molecule has 1 aromatic rings. The molecule has 0 heterocycles. The Morgan fingerprint density at radius 3 is 2.76 bits per heavy atom. The summed E-state index contributed by atoms with van der Waals surface area (Å²) in [5.41, 5.74) is 1.04. The van der Waals surface area contributed by atoms with Crippen LogP contribution in [0, 0.1) is 0 Å². The Hall–Kier alpha value is -1.87. The summed E-state index contributed by atoms with van der Waals surface area (Å²) in [5, 5.41) is 9.60. The summed E-state index contributed by atoms with van der Waals surface area (Å²) in [6.45, 7) is 1.33. The highest BCUT2D eigenvalue weighted by Gasteiger charge is 1.95. The third-order valence-corrected chi connectivity index (χ3v) is 2.02. The molecule has 90 valence electrons. The van der Waals surface area contributed by atoms with E-state index in [9.17, 15) is 9.90 Å². The lowest BCUT2D eigenvalue weighted by Gasteiger charge is -2.00. The third kappa shape index (κ3) is 6.33. The minimum atomic E-state index is -0.581. The van der Waals surface area contributed by atoms with Gasteiger partial charge in [-0.25, -0.2) is 0 Å². The van der Waals surface area contributed by atoms with Gasteiger partial charge in [0.1, 0.15) is 0 Å². The highest BCUT2D eigenvalue weighted by molar-refractivity contribution is 5.66. The van der Waals surface area contributed by atoms with Crippen LogP contribution in [-0.4, -0.2) is 17.2 Å². The monoisotopic (exact) mass is 232 g/mol. The van der Waals surface area contributed by atoms with Gasteiger partial charge in [-0.2, -0.15) is 0 Å². The second kappa shape index (κ2) is 7.41. The molecule has 0 radical (unpaired) electrons. The van der Waals surface area contributed by atoms with Crippen molar-refractivity contribution in [1.82, 2.24) is 0 Å². The zero-order chi connectivity index (χ0) is 12.5. The summed E-state index contributed by atoms with van der Waals surface area (Å²) < 4.78 is 4.60. The quantitative estimate of drug-likeness (QED) is 0.626. The molecule has 3 nitrogen and oxygen atoms in total. The van der Waals surface area contributed by atoms with E-state index in [0.29, 0.717) is 6.42 Å². The summed E-state index contributed by atoms with van der Waals surface area (Å²) in [7, 11) is 0. The average Bonchev–Trinajstić information content (AvgIpc) is 2.33. The molecule has 0 fully saturated rings. The minimum Gasteiger partial charge on any atom is -0.435 e. The Labute approximate surface area is 101 Å². The molecule has 0 saturated heterocycles. The number of aliphatic hydroxyl groups excluding tert-OH is 1. The smallest absolute Gasteiger partial charge is 0.307 e. The Morgan fingerprint density at radius 1 is 1.41 bits per heavy atom. The lowest BCUT2D eigenvalue weighted by Crippen LogP contribution is -1.99. The maximum atomic E-state index is 10.4. The lowest BCUT2D eigenvalue weighted by atomic mass is 10.1. The van der Waals surface area contributed by atoms with Crippen molar-refractivity contribution in [2.75, 3.05) is 0 Å². The first kappa shape index (κ1) is 13.2. The van der Waals surface area contributed by atoms with Crippen molar-refractivity contribution in [2.45, 2.75) is 19.4 Å². The molecule has 0 saturated carbocycles. The van der Waals surface area contributed by atoms with Gasteiger partial charge in [0.25, 0.3) is 0 Å². The van der Waals surface area contributed by atoms with Crippen LogP contribution in [0.25, 0.3) is 6.08 Å². The van der Waals surface area contributed by atoms with Crippen molar-refractivity contribution in [3.05, 3.63) is 54.3 Å². The van der Waals surface area contributed by atoms with Gasteiger partial charge in [0.05, 0.1) is 12.4 Å². The predicted octanol–water partition coefficient (Wildman–Crippen LogP) is 2.53. The van der Waals surface area contributed by atoms with E-state index >= 15 is 0 Å². The lowest BCUT2D eigenvalue weighted by molar-refractivity contribution is -0.135. The SMILES string of the molecule is CC(=O)O/C=C\CC(O)/C=C/c1ccccc1. The van der Waals surface area contributed by atoms with Crippen molar-refractivity contribution in [2.24, 2.45) is 0 Å². The Balaban J connectivity index is 2.34. The Bertz CT molecular complexity index is 393. The van der Waals surface area contributed by atoms with E-state index in [1.165, 1.54) is 13.2 Å². The molecule has 0 aromatic heterocycles. The minimum absolute atomic E-state index is 0.365. The maximum Gasteiger partial charge on any atom is 0.307 e. The fourth-order valence-electron chi connectivity index (χ4n) is 1.20. The van der Waals surface area contributed by atoms with Crippen LogP contribution in [0.4, 0.5) is 0 Å². The molecule has 0 amide bonds. The standard InChI is InChI=1S/C14H16O3/c1-12(15)17-11-5-8-14(16)10-9-13-6-3-2-4-7-13/h2-7,9-11,14,16H,8H2,1H3/b10-9+,11-5-. The van der Waals surface area contributed by atoms with E-state index in [1.807, 2.05) is 36.4 Å². The summed E-state index contributed by atoms with van der Waals surface area (Å²) in [4.78, 5) is 10.4. The number of rotatable bonds is 5. The van der Waals surface area contributed by atoms with Gasteiger partial charge < -0.3 is 9.84 Å². The summed E-state index contributed by atoms with van der Waals surface area (Å²) in [6, 6.07) is 9.73. The van der Waals surface area contributed by atoms with Gasteiger partial charge in [-0.1, -0.05) is 42.5 Å². The van der Waals surface area contributed by atoms with Gasteiger partial charge in [0, 0.05) is 6.92 Å². The molecule has 0 aliphatic carbocycles. The summed E-state index contributed by atoms with van der Waals surface area (Å²) >= 11 is 0. The number of hydrogen-bond acceptors (Lipinski definition) is 3. The first-order chi connectivity index (χ1) is 8.18. The molecule has 1 N–H and O–H groups in total. The van der Waals surface area contributed by atoms with Gasteiger partial charge in [0.2, 0.25) is 0 Å². The van der Waals surface area contributed by atoms with Crippen molar-refractivity contribution in [1.29, 1.82) is 0 Å². The molecule has 1 atom stereocenters. The van der Waals surface area contributed by atoms with Crippen LogP contribution in [-0.2, 0) is 9.53 Å². The Morgan fingerprint density at radius 2 is 2.12 bits per heavy atom.